The van der Waals surface area contributed by atoms with Gasteiger partial charge in [-0.2, -0.15) is 0 Å². The fraction of sp³-hybridized carbons (Fsp3) is 0.200. The molecule has 0 fully saturated rings. The lowest BCUT2D eigenvalue weighted by Gasteiger charge is -2.23. The van der Waals surface area contributed by atoms with Crippen LogP contribution < -0.4 is 5.32 Å². The molecule has 5 heteroatoms. The van der Waals surface area contributed by atoms with Gasteiger partial charge < -0.3 is 10.3 Å². The van der Waals surface area contributed by atoms with Gasteiger partial charge in [0, 0.05) is 28.4 Å². The highest BCUT2D eigenvalue weighted by atomic mass is 19.1. The number of ketones is 1. The van der Waals surface area contributed by atoms with E-state index in [2.05, 4.69) is 10.3 Å². The third-order valence-corrected chi connectivity index (χ3v) is 4.41. The maximum absolute atomic E-state index is 13.6. The highest BCUT2D eigenvalue weighted by molar-refractivity contribution is 6.03. The van der Waals surface area contributed by atoms with Gasteiger partial charge in [-0.1, -0.05) is 12.1 Å². The normalized spacial score (nSPS) is 11.5. The SMILES string of the molecule is CC(=O)c1cccc(NC(=O)C(C)(C)c2c[nH]c3ccc(F)cc23)c1. The standard InChI is InChI=1S/C20H19FN2O2/c1-12(24)13-5-4-6-15(9-13)23-19(25)20(2,3)17-11-22-18-8-7-14(21)10-16(17)18/h4-11,22H,1-3H3,(H,23,25). The molecule has 4 nitrogen and oxygen atoms in total. The number of rotatable bonds is 4. The zero-order valence-electron chi connectivity index (χ0n) is 14.3. The van der Waals surface area contributed by atoms with Gasteiger partial charge in [-0.15, -0.1) is 0 Å². The number of hydrogen-bond donors (Lipinski definition) is 2. The molecular weight excluding hydrogens is 319 g/mol. The summed E-state index contributed by atoms with van der Waals surface area (Å²) in [5.74, 6) is -0.653. The van der Waals surface area contributed by atoms with E-state index in [4.69, 9.17) is 0 Å². The number of amides is 1. The second kappa shape index (κ2) is 6.16. The summed E-state index contributed by atoms with van der Waals surface area (Å²) >= 11 is 0. The minimum absolute atomic E-state index is 0.0672. The molecule has 0 unspecified atom stereocenters. The van der Waals surface area contributed by atoms with Crippen LogP contribution in [0.3, 0.4) is 0 Å². The van der Waals surface area contributed by atoms with E-state index in [0.29, 0.717) is 22.2 Å². The van der Waals surface area contributed by atoms with Crippen LogP contribution in [-0.4, -0.2) is 16.7 Å². The molecule has 1 heterocycles. The summed E-state index contributed by atoms with van der Waals surface area (Å²) in [6.45, 7) is 5.04. The van der Waals surface area contributed by atoms with E-state index in [-0.39, 0.29) is 17.5 Å². The van der Waals surface area contributed by atoms with E-state index < -0.39 is 5.41 Å². The Morgan fingerprint density at radius 2 is 1.88 bits per heavy atom. The molecule has 2 N–H and O–H groups in total. The number of aromatic nitrogens is 1. The third kappa shape index (κ3) is 3.18. The Morgan fingerprint density at radius 3 is 2.60 bits per heavy atom. The molecule has 0 saturated heterocycles. The molecule has 0 radical (unpaired) electrons. The van der Waals surface area contributed by atoms with Crippen molar-refractivity contribution < 1.29 is 14.0 Å². The van der Waals surface area contributed by atoms with Crippen LogP contribution in [0.4, 0.5) is 10.1 Å². The summed E-state index contributed by atoms with van der Waals surface area (Å²) in [5, 5.41) is 3.52. The average Bonchev–Trinajstić information content (AvgIpc) is 2.98. The van der Waals surface area contributed by atoms with Crippen LogP contribution in [0.1, 0.15) is 36.7 Å². The van der Waals surface area contributed by atoms with Gasteiger partial charge in [-0.05, 0) is 56.7 Å². The molecule has 3 rings (SSSR count). The molecule has 0 atom stereocenters. The number of benzene rings is 2. The van der Waals surface area contributed by atoms with E-state index in [1.807, 2.05) is 0 Å². The van der Waals surface area contributed by atoms with Gasteiger partial charge in [0.05, 0.1) is 5.41 Å². The smallest absolute Gasteiger partial charge is 0.234 e. The lowest BCUT2D eigenvalue weighted by molar-refractivity contribution is -0.120. The largest absolute Gasteiger partial charge is 0.361 e. The number of carbonyl (C=O) groups is 2. The lowest BCUT2D eigenvalue weighted by atomic mass is 9.83. The number of carbonyl (C=O) groups excluding carboxylic acids is 2. The molecule has 0 saturated carbocycles. The van der Waals surface area contributed by atoms with Crippen molar-refractivity contribution in [3.05, 3.63) is 65.6 Å². The van der Waals surface area contributed by atoms with Crippen LogP contribution in [0.25, 0.3) is 10.9 Å². The average molecular weight is 338 g/mol. The minimum Gasteiger partial charge on any atom is -0.361 e. The molecule has 128 valence electrons. The molecule has 0 aliphatic heterocycles. The summed E-state index contributed by atoms with van der Waals surface area (Å²) in [6, 6.07) is 11.3. The van der Waals surface area contributed by atoms with Crippen LogP contribution in [0.5, 0.6) is 0 Å². The number of nitrogens with one attached hydrogen (secondary N) is 2. The second-order valence-electron chi connectivity index (χ2n) is 6.61. The topological polar surface area (TPSA) is 62.0 Å². The fourth-order valence-corrected chi connectivity index (χ4v) is 2.84. The number of aromatic amines is 1. The fourth-order valence-electron chi connectivity index (χ4n) is 2.84. The molecule has 0 aliphatic carbocycles. The first-order valence-electron chi connectivity index (χ1n) is 7.98. The zero-order chi connectivity index (χ0) is 18.2. The molecule has 0 bridgehead atoms. The van der Waals surface area contributed by atoms with E-state index >= 15 is 0 Å². The highest BCUT2D eigenvalue weighted by Gasteiger charge is 2.32. The monoisotopic (exact) mass is 338 g/mol. The Bertz CT molecular complexity index is 973. The summed E-state index contributed by atoms with van der Waals surface area (Å²) in [4.78, 5) is 27.4. The quantitative estimate of drug-likeness (QED) is 0.692. The molecule has 0 spiro atoms. The summed E-state index contributed by atoms with van der Waals surface area (Å²) in [7, 11) is 0. The molecule has 0 aliphatic rings. The Labute approximate surface area is 145 Å². The number of Topliss-reactive ketones (excluding diaryl/α,β-unsaturated/α-hetero) is 1. The van der Waals surface area contributed by atoms with Gasteiger partial charge >= 0.3 is 0 Å². The van der Waals surface area contributed by atoms with Crippen molar-refractivity contribution in [2.45, 2.75) is 26.2 Å². The van der Waals surface area contributed by atoms with Crippen LogP contribution in [0.2, 0.25) is 0 Å². The first-order chi connectivity index (χ1) is 11.8. The van der Waals surface area contributed by atoms with Gasteiger partial charge in [0.2, 0.25) is 5.91 Å². The van der Waals surface area contributed by atoms with Crippen molar-refractivity contribution in [3.63, 3.8) is 0 Å². The van der Waals surface area contributed by atoms with Gasteiger partial charge in [0.25, 0.3) is 0 Å². The van der Waals surface area contributed by atoms with Crippen molar-refractivity contribution in [1.29, 1.82) is 0 Å². The summed E-state index contributed by atoms with van der Waals surface area (Å²) < 4.78 is 13.6. The number of anilines is 1. The van der Waals surface area contributed by atoms with E-state index in [9.17, 15) is 14.0 Å². The van der Waals surface area contributed by atoms with Gasteiger partial charge in [-0.25, -0.2) is 4.39 Å². The van der Waals surface area contributed by atoms with Crippen molar-refractivity contribution in [3.8, 4) is 0 Å². The van der Waals surface area contributed by atoms with Gasteiger partial charge in [0.1, 0.15) is 5.82 Å². The Kier molecular flexibility index (Phi) is 4.17. The van der Waals surface area contributed by atoms with Crippen molar-refractivity contribution in [2.75, 3.05) is 5.32 Å². The lowest BCUT2D eigenvalue weighted by Crippen LogP contribution is -2.34. The van der Waals surface area contributed by atoms with Crippen molar-refractivity contribution in [1.82, 2.24) is 4.98 Å². The highest BCUT2D eigenvalue weighted by Crippen LogP contribution is 2.32. The maximum Gasteiger partial charge on any atom is 0.234 e. The summed E-state index contributed by atoms with van der Waals surface area (Å²) in [6.07, 6.45) is 1.73. The van der Waals surface area contributed by atoms with Gasteiger partial charge in [0.15, 0.2) is 5.78 Å². The Hall–Kier alpha value is -2.95. The maximum atomic E-state index is 13.6. The Morgan fingerprint density at radius 1 is 1.12 bits per heavy atom. The predicted octanol–water partition coefficient (Wildman–Crippen LogP) is 4.43. The van der Waals surface area contributed by atoms with Crippen LogP contribution in [0.15, 0.2) is 48.7 Å². The van der Waals surface area contributed by atoms with Crippen LogP contribution in [0, 0.1) is 5.82 Å². The number of hydrogen-bond acceptors (Lipinski definition) is 2. The van der Waals surface area contributed by atoms with Crippen LogP contribution in [-0.2, 0) is 10.2 Å². The molecule has 1 aromatic heterocycles. The third-order valence-electron chi connectivity index (χ3n) is 4.41. The molecule has 2 aromatic carbocycles. The van der Waals surface area contributed by atoms with Crippen LogP contribution >= 0.6 is 0 Å². The first-order valence-corrected chi connectivity index (χ1v) is 7.98. The molecule has 3 aromatic rings. The number of H-pyrrole nitrogens is 1. The second-order valence-corrected chi connectivity index (χ2v) is 6.61. The first kappa shape index (κ1) is 16.9. The minimum atomic E-state index is -0.891. The predicted molar refractivity (Wildman–Crippen MR) is 96.4 cm³/mol. The number of halogens is 1. The van der Waals surface area contributed by atoms with E-state index in [1.165, 1.54) is 19.1 Å². The zero-order valence-corrected chi connectivity index (χ0v) is 14.3. The molecule has 25 heavy (non-hydrogen) atoms. The Balaban J connectivity index is 1.93. The molecule has 1 amide bonds. The van der Waals surface area contributed by atoms with E-state index in [1.54, 1.807) is 50.4 Å². The van der Waals surface area contributed by atoms with Crippen molar-refractivity contribution in [2.24, 2.45) is 0 Å². The van der Waals surface area contributed by atoms with Crippen molar-refractivity contribution >= 4 is 28.3 Å². The van der Waals surface area contributed by atoms with Gasteiger partial charge in [-0.3, -0.25) is 9.59 Å². The number of fused-ring (bicyclic) bond motifs is 1. The van der Waals surface area contributed by atoms with E-state index in [0.717, 1.165) is 5.52 Å². The summed E-state index contributed by atoms with van der Waals surface area (Å²) in [5.41, 5.74) is 1.68. The molecular formula is C20H19FN2O2.